The van der Waals surface area contributed by atoms with Gasteiger partial charge in [-0.25, -0.2) is 5.43 Å². The molecule has 0 spiro atoms. The molecule has 1 aromatic carbocycles. The topological polar surface area (TPSA) is 41.5 Å². The molecule has 0 atom stereocenters. The number of rotatable bonds is 7. The molecule has 0 bridgehead atoms. The Labute approximate surface area is 122 Å². The molecule has 0 aliphatic heterocycles. The minimum atomic E-state index is -4.40. The fourth-order valence-corrected chi connectivity index (χ4v) is 1.71. The van der Waals surface area contributed by atoms with Gasteiger partial charge in [-0.1, -0.05) is 26.2 Å². The van der Waals surface area contributed by atoms with Gasteiger partial charge in [-0.15, -0.1) is 0 Å². The normalized spacial score (nSPS) is 11.8. The van der Waals surface area contributed by atoms with Gasteiger partial charge in [0.25, 0.3) is 5.91 Å². The van der Waals surface area contributed by atoms with Gasteiger partial charge in [0, 0.05) is 11.8 Å². The maximum atomic E-state index is 12.4. The second kappa shape index (κ2) is 8.44. The highest BCUT2D eigenvalue weighted by atomic mass is 19.4. The molecule has 0 saturated carbocycles. The number of nitrogens with one attached hydrogen (secondary N) is 1. The molecule has 0 aliphatic rings. The number of hydrazone groups is 1. The van der Waals surface area contributed by atoms with E-state index >= 15 is 0 Å². The van der Waals surface area contributed by atoms with Crippen molar-refractivity contribution >= 4 is 12.1 Å². The summed E-state index contributed by atoms with van der Waals surface area (Å²) in [5, 5.41) is 3.77. The summed E-state index contributed by atoms with van der Waals surface area (Å²) in [7, 11) is 0. The fraction of sp³-hybridized carbons (Fsp3) is 0.467. The van der Waals surface area contributed by atoms with Crippen LogP contribution in [0, 0.1) is 0 Å². The summed E-state index contributed by atoms with van der Waals surface area (Å²) < 4.78 is 37.1. The summed E-state index contributed by atoms with van der Waals surface area (Å²) in [5.74, 6) is -0.520. The Balaban J connectivity index is 2.40. The summed E-state index contributed by atoms with van der Waals surface area (Å²) >= 11 is 0. The molecule has 1 aromatic rings. The minimum absolute atomic E-state index is 0.145. The zero-order valence-electron chi connectivity index (χ0n) is 11.9. The van der Waals surface area contributed by atoms with Crippen LogP contribution in [0.25, 0.3) is 0 Å². The highest BCUT2D eigenvalue weighted by molar-refractivity contribution is 5.94. The number of halogens is 3. The Bertz CT molecular complexity index is 467. The highest BCUT2D eigenvalue weighted by Gasteiger charge is 2.30. The molecule has 1 rings (SSSR count). The van der Waals surface area contributed by atoms with Gasteiger partial charge < -0.3 is 0 Å². The van der Waals surface area contributed by atoms with Crippen molar-refractivity contribution in [2.75, 3.05) is 0 Å². The summed E-state index contributed by atoms with van der Waals surface area (Å²) in [6.45, 7) is 2.12. The molecule has 1 N–H and O–H groups in total. The predicted molar refractivity (Wildman–Crippen MR) is 76.2 cm³/mol. The van der Waals surface area contributed by atoms with Gasteiger partial charge in [-0.05, 0) is 37.1 Å². The molecule has 0 unspecified atom stereocenters. The van der Waals surface area contributed by atoms with Crippen molar-refractivity contribution in [3.8, 4) is 0 Å². The van der Waals surface area contributed by atoms with E-state index in [2.05, 4.69) is 17.5 Å². The number of hydrogen-bond acceptors (Lipinski definition) is 2. The van der Waals surface area contributed by atoms with Crippen LogP contribution in [0.4, 0.5) is 13.2 Å². The first kappa shape index (κ1) is 17.2. The standard InChI is InChI=1S/C15H19F3N2O/c1-2-3-4-5-6-11-19-20-14(21)12-7-9-13(10-8-12)15(16,17)18/h7-11H,2-6H2,1H3,(H,20,21)/b19-11+. The molecular weight excluding hydrogens is 281 g/mol. The van der Waals surface area contributed by atoms with Crippen LogP contribution in [0.5, 0.6) is 0 Å². The summed E-state index contributed by atoms with van der Waals surface area (Å²) in [6.07, 6.45) is 2.44. The molecule has 21 heavy (non-hydrogen) atoms. The smallest absolute Gasteiger partial charge is 0.267 e. The zero-order valence-corrected chi connectivity index (χ0v) is 11.9. The fourth-order valence-electron chi connectivity index (χ4n) is 1.71. The Morgan fingerprint density at radius 1 is 1.19 bits per heavy atom. The average molecular weight is 300 g/mol. The first-order chi connectivity index (χ1) is 9.95. The third-order valence-electron chi connectivity index (χ3n) is 2.92. The van der Waals surface area contributed by atoms with Gasteiger partial charge in [0.2, 0.25) is 0 Å². The maximum Gasteiger partial charge on any atom is 0.416 e. The van der Waals surface area contributed by atoms with E-state index in [9.17, 15) is 18.0 Å². The van der Waals surface area contributed by atoms with Crippen LogP contribution >= 0.6 is 0 Å². The molecule has 0 saturated heterocycles. The van der Waals surface area contributed by atoms with E-state index in [1.54, 1.807) is 6.21 Å². The number of amides is 1. The van der Waals surface area contributed by atoms with Crippen molar-refractivity contribution in [2.45, 2.75) is 45.2 Å². The molecule has 1 amide bonds. The maximum absolute atomic E-state index is 12.4. The third kappa shape index (κ3) is 6.42. The monoisotopic (exact) mass is 300 g/mol. The van der Waals surface area contributed by atoms with Crippen LogP contribution in [0.15, 0.2) is 29.4 Å². The van der Waals surface area contributed by atoms with Crippen molar-refractivity contribution in [1.82, 2.24) is 5.43 Å². The minimum Gasteiger partial charge on any atom is -0.267 e. The van der Waals surface area contributed by atoms with E-state index in [0.717, 1.165) is 49.9 Å². The van der Waals surface area contributed by atoms with Crippen LogP contribution in [-0.4, -0.2) is 12.1 Å². The Morgan fingerprint density at radius 3 is 2.43 bits per heavy atom. The highest BCUT2D eigenvalue weighted by Crippen LogP contribution is 2.28. The molecule has 0 aromatic heterocycles. The SMILES string of the molecule is CCCCCC/C=N/NC(=O)c1ccc(C(F)(F)F)cc1. The second-order valence-corrected chi connectivity index (χ2v) is 4.68. The van der Waals surface area contributed by atoms with E-state index in [1.165, 1.54) is 6.42 Å². The molecule has 3 nitrogen and oxygen atoms in total. The number of benzene rings is 1. The number of nitrogens with zero attached hydrogens (tertiary/aromatic N) is 1. The van der Waals surface area contributed by atoms with E-state index in [4.69, 9.17) is 0 Å². The number of alkyl halides is 3. The Hall–Kier alpha value is -1.85. The van der Waals surface area contributed by atoms with Crippen molar-refractivity contribution in [1.29, 1.82) is 0 Å². The van der Waals surface area contributed by atoms with E-state index in [-0.39, 0.29) is 5.56 Å². The van der Waals surface area contributed by atoms with Crippen molar-refractivity contribution in [3.05, 3.63) is 35.4 Å². The molecule has 116 valence electrons. The average Bonchev–Trinajstić information content (AvgIpc) is 2.45. The molecule has 0 heterocycles. The van der Waals surface area contributed by atoms with Gasteiger partial charge >= 0.3 is 6.18 Å². The van der Waals surface area contributed by atoms with E-state index in [1.807, 2.05) is 0 Å². The van der Waals surface area contributed by atoms with Crippen LogP contribution in [0.1, 0.15) is 54.9 Å². The van der Waals surface area contributed by atoms with Crippen molar-refractivity contribution in [3.63, 3.8) is 0 Å². The lowest BCUT2D eigenvalue weighted by Crippen LogP contribution is -2.17. The quantitative estimate of drug-likeness (QED) is 0.453. The van der Waals surface area contributed by atoms with E-state index < -0.39 is 17.6 Å². The lowest BCUT2D eigenvalue weighted by molar-refractivity contribution is -0.137. The van der Waals surface area contributed by atoms with Crippen LogP contribution < -0.4 is 5.43 Å². The largest absolute Gasteiger partial charge is 0.416 e. The third-order valence-corrected chi connectivity index (χ3v) is 2.92. The van der Waals surface area contributed by atoms with Crippen molar-refractivity contribution < 1.29 is 18.0 Å². The molecule has 6 heteroatoms. The summed E-state index contributed by atoms with van der Waals surface area (Å²) in [4.78, 5) is 11.6. The summed E-state index contributed by atoms with van der Waals surface area (Å²) in [6, 6.07) is 4.02. The lowest BCUT2D eigenvalue weighted by atomic mass is 10.1. The van der Waals surface area contributed by atoms with Gasteiger partial charge in [0.1, 0.15) is 0 Å². The number of unbranched alkanes of at least 4 members (excludes halogenated alkanes) is 4. The Morgan fingerprint density at radius 2 is 1.86 bits per heavy atom. The first-order valence-corrected chi connectivity index (χ1v) is 6.94. The van der Waals surface area contributed by atoms with Crippen molar-refractivity contribution in [2.24, 2.45) is 5.10 Å². The molecule has 0 fully saturated rings. The second-order valence-electron chi connectivity index (χ2n) is 4.68. The Kier molecular flexibility index (Phi) is 6.91. The lowest BCUT2D eigenvalue weighted by Gasteiger charge is -2.06. The van der Waals surface area contributed by atoms with Gasteiger partial charge in [0.05, 0.1) is 5.56 Å². The van der Waals surface area contributed by atoms with Crippen LogP contribution in [-0.2, 0) is 6.18 Å². The van der Waals surface area contributed by atoms with Crippen LogP contribution in [0.2, 0.25) is 0 Å². The predicted octanol–water partition coefficient (Wildman–Crippen LogP) is 4.39. The number of carbonyl (C=O) groups excluding carboxylic acids is 1. The molecular formula is C15H19F3N2O. The molecule has 0 aliphatic carbocycles. The molecule has 0 radical (unpaired) electrons. The first-order valence-electron chi connectivity index (χ1n) is 6.94. The van der Waals surface area contributed by atoms with Gasteiger partial charge in [-0.3, -0.25) is 4.79 Å². The summed E-state index contributed by atoms with van der Waals surface area (Å²) in [5.41, 5.74) is 1.66. The van der Waals surface area contributed by atoms with E-state index in [0.29, 0.717) is 0 Å². The zero-order chi connectivity index (χ0) is 15.7. The van der Waals surface area contributed by atoms with Gasteiger partial charge in [0.15, 0.2) is 0 Å². The number of carbonyl (C=O) groups is 1. The number of hydrogen-bond donors (Lipinski definition) is 1. The van der Waals surface area contributed by atoms with Gasteiger partial charge in [-0.2, -0.15) is 18.3 Å². The van der Waals surface area contributed by atoms with Crippen LogP contribution in [0.3, 0.4) is 0 Å².